The van der Waals surface area contributed by atoms with Gasteiger partial charge >= 0.3 is 0 Å². The average molecular weight is 565 g/mol. The van der Waals surface area contributed by atoms with Gasteiger partial charge in [-0.2, -0.15) is 0 Å². The van der Waals surface area contributed by atoms with Gasteiger partial charge in [-0.1, -0.05) is 13.3 Å². The van der Waals surface area contributed by atoms with Crippen LogP contribution in [-0.2, 0) is 20.8 Å². The number of fused-ring (bicyclic) bond motifs is 3. The van der Waals surface area contributed by atoms with Crippen molar-refractivity contribution in [1.29, 1.82) is 0 Å². The van der Waals surface area contributed by atoms with Crippen molar-refractivity contribution in [3.63, 3.8) is 0 Å². The van der Waals surface area contributed by atoms with Crippen LogP contribution in [0.1, 0.15) is 54.3 Å². The summed E-state index contributed by atoms with van der Waals surface area (Å²) in [5.74, 6) is -6.76. The van der Waals surface area contributed by atoms with Crippen molar-refractivity contribution in [1.82, 2.24) is 4.90 Å². The number of hydrogen-bond donors (Lipinski definition) is 5. The normalized spacial score (nSPS) is 25.7. The van der Waals surface area contributed by atoms with Crippen molar-refractivity contribution >= 4 is 29.0 Å². The summed E-state index contributed by atoms with van der Waals surface area (Å²) >= 11 is 0. The number of unbranched alkanes of at least 4 members (excludes halogenated alkanes) is 1. The minimum absolute atomic E-state index is 0.0280. The molecule has 3 aliphatic rings. The lowest BCUT2D eigenvalue weighted by Gasteiger charge is -2.50. The van der Waals surface area contributed by atoms with E-state index in [4.69, 9.17) is 10.2 Å². The average Bonchev–Trinajstić information content (AvgIpc) is 3.39. The summed E-state index contributed by atoms with van der Waals surface area (Å²) < 4.78 is 5.87. The second-order valence-corrected chi connectivity index (χ2v) is 11.1. The number of carbonyl (C=O) groups excluding carboxylic acids is 4. The summed E-state index contributed by atoms with van der Waals surface area (Å²) in [6.07, 6.45) is 1.99. The van der Waals surface area contributed by atoms with Crippen LogP contribution in [0.4, 0.5) is 0 Å². The molecule has 2 aromatic rings. The van der Waals surface area contributed by atoms with E-state index in [0.717, 1.165) is 12.8 Å². The number of phenolic OH excluding ortho intramolecular Hbond substituents is 1. The lowest BCUT2D eigenvalue weighted by molar-refractivity contribution is -0.153. The standard InChI is InChI=1S/C30H32N2O9/c1-4-5-6-17(33)20-10-9-19(41-20)14-7-8-18(34)22-15(14)11-13-12-16-24(32(2)3)26(36)23(29(31)39)28(38)30(16,40)27(37)21(13)25(22)35/h7-10,13,16,24,34-35,38,40H,4-6,11-12H2,1-3H3,(H2,31,39)/t13?,16?,24-,30-/m0/s1. The molecule has 11 nitrogen and oxygen atoms in total. The van der Waals surface area contributed by atoms with Crippen molar-refractivity contribution in [3.05, 3.63) is 58.1 Å². The zero-order valence-corrected chi connectivity index (χ0v) is 22.9. The molecule has 216 valence electrons. The quantitative estimate of drug-likeness (QED) is 0.247. The van der Waals surface area contributed by atoms with Crippen LogP contribution in [0.15, 0.2) is 45.6 Å². The number of aliphatic hydroxyl groups is 3. The number of aromatic hydroxyl groups is 1. The Kier molecular flexibility index (Phi) is 6.91. The molecule has 3 aliphatic carbocycles. The molecule has 0 aliphatic heterocycles. The largest absolute Gasteiger partial charge is 0.508 e. The molecule has 41 heavy (non-hydrogen) atoms. The second-order valence-electron chi connectivity index (χ2n) is 11.1. The molecule has 0 spiro atoms. The number of likely N-dealkylation sites (N-methyl/N-ethyl adjacent to an activating group) is 1. The highest BCUT2D eigenvalue weighted by molar-refractivity contribution is 6.24. The lowest BCUT2D eigenvalue weighted by atomic mass is 9.57. The third kappa shape index (κ3) is 4.10. The van der Waals surface area contributed by atoms with Crippen LogP contribution in [0.25, 0.3) is 17.1 Å². The molecule has 1 fully saturated rings. The molecule has 0 saturated heterocycles. The van der Waals surface area contributed by atoms with Crippen LogP contribution in [0, 0.1) is 11.8 Å². The number of nitrogens with two attached hydrogens (primary N) is 1. The third-order valence-electron chi connectivity index (χ3n) is 8.51. The van der Waals surface area contributed by atoms with Crippen LogP contribution >= 0.6 is 0 Å². The van der Waals surface area contributed by atoms with E-state index >= 15 is 0 Å². The van der Waals surface area contributed by atoms with Crippen molar-refractivity contribution < 1.29 is 44.0 Å². The number of Topliss-reactive ketones (excluding diaryl/α,β-unsaturated/α-hetero) is 3. The first kappa shape index (κ1) is 28.3. The van der Waals surface area contributed by atoms with Crippen molar-refractivity contribution in [3.8, 4) is 17.1 Å². The highest BCUT2D eigenvalue weighted by Crippen LogP contribution is 2.53. The summed E-state index contributed by atoms with van der Waals surface area (Å²) in [5.41, 5.74) is 2.45. The van der Waals surface area contributed by atoms with E-state index in [9.17, 15) is 39.6 Å². The number of nitrogens with zero attached hydrogens (tertiary/aromatic N) is 1. The molecule has 4 atom stereocenters. The van der Waals surface area contributed by atoms with E-state index in [0.29, 0.717) is 23.3 Å². The predicted molar refractivity (Wildman–Crippen MR) is 146 cm³/mol. The fourth-order valence-electron chi connectivity index (χ4n) is 6.57. The topological polar surface area (TPSA) is 192 Å². The summed E-state index contributed by atoms with van der Waals surface area (Å²) in [5, 5.41) is 44.8. The van der Waals surface area contributed by atoms with Gasteiger partial charge in [-0.15, -0.1) is 0 Å². The number of ketones is 3. The summed E-state index contributed by atoms with van der Waals surface area (Å²) in [6.45, 7) is 1.98. The smallest absolute Gasteiger partial charge is 0.255 e. The lowest BCUT2D eigenvalue weighted by Crippen LogP contribution is -2.65. The van der Waals surface area contributed by atoms with Gasteiger partial charge in [0.15, 0.2) is 22.9 Å². The molecule has 1 aromatic heterocycles. The monoisotopic (exact) mass is 564 g/mol. The van der Waals surface area contributed by atoms with Crippen molar-refractivity contribution in [2.75, 3.05) is 14.1 Å². The van der Waals surface area contributed by atoms with Crippen LogP contribution in [-0.4, -0.2) is 74.3 Å². The van der Waals surface area contributed by atoms with E-state index in [-0.39, 0.29) is 41.3 Å². The molecule has 0 bridgehead atoms. The fraction of sp³-hybridized carbons (Fsp3) is 0.400. The summed E-state index contributed by atoms with van der Waals surface area (Å²) in [7, 11) is 3.08. The van der Waals surface area contributed by atoms with Crippen LogP contribution < -0.4 is 5.73 Å². The Labute approximate surface area is 235 Å². The molecule has 1 heterocycles. The van der Waals surface area contributed by atoms with E-state index in [1.807, 2.05) is 6.92 Å². The third-order valence-corrected chi connectivity index (χ3v) is 8.51. The zero-order chi connectivity index (χ0) is 30.0. The van der Waals surface area contributed by atoms with Crippen LogP contribution in [0.2, 0.25) is 0 Å². The number of furan rings is 1. The minimum atomic E-state index is -2.70. The predicted octanol–water partition coefficient (Wildman–Crippen LogP) is 2.60. The molecule has 11 heteroatoms. The molecule has 0 radical (unpaired) electrons. The van der Waals surface area contributed by atoms with Gasteiger partial charge in [0.25, 0.3) is 5.91 Å². The SMILES string of the molecule is CCCCC(=O)c1ccc(-c2ccc(O)c3c2CC2CC4[C@H](N(C)C)C(=O)C(C(N)=O)=C(O)[C@@]4(O)C(=O)C2=C3O)o1. The van der Waals surface area contributed by atoms with E-state index < -0.39 is 58.0 Å². The number of carbonyl (C=O) groups is 4. The molecule has 1 aromatic carbocycles. The van der Waals surface area contributed by atoms with Gasteiger partial charge in [0.1, 0.15) is 28.6 Å². The Morgan fingerprint density at radius 3 is 2.46 bits per heavy atom. The summed E-state index contributed by atoms with van der Waals surface area (Å²) in [6, 6.07) is 4.94. The summed E-state index contributed by atoms with van der Waals surface area (Å²) in [4.78, 5) is 53.2. The molecule has 1 saturated carbocycles. The Hall–Kier alpha value is -4.22. The number of amides is 1. The molecular weight excluding hydrogens is 532 g/mol. The number of phenols is 1. The molecule has 5 rings (SSSR count). The Bertz CT molecular complexity index is 1560. The number of primary amides is 1. The van der Waals surface area contributed by atoms with Crippen molar-refractivity contribution in [2.24, 2.45) is 17.6 Å². The van der Waals surface area contributed by atoms with Crippen LogP contribution in [0.3, 0.4) is 0 Å². The first-order valence-corrected chi connectivity index (χ1v) is 13.5. The second kappa shape index (κ2) is 10.0. The number of rotatable bonds is 7. The van der Waals surface area contributed by atoms with Gasteiger partial charge in [-0.05, 0) is 69.1 Å². The first-order chi connectivity index (χ1) is 19.3. The molecule has 6 N–H and O–H groups in total. The highest BCUT2D eigenvalue weighted by atomic mass is 16.4. The van der Waals surface area contributed by atoms with Gasteiger partial charge < -0.3 is 30.6 Å². The maximum Gasteiger partial charge on any atom is 0.255 e. The van der Waals surface area contributed by atoms with E-state index in [1.54, 1.807) is 32.3 Å². The van der Waals surface area contributed by atoms with Gasteiger partial charge in [0.2, 0.25) is 5.78 Å². The minimum Gasteiger partial charge on any atom is -0.508 e. The first-order valence-electron chi connectivity index (χ1n) is 13.5. The zero-order valence-electron chi connectivity index (χ0n) is 22.9. The number of benzene rings is 1. The number of aliphatic hydroxyl groups excluding tert-OH is 2. The molecule has 2 unspecified atom stereocenters. The maximum atomic E-state index is 13.9. The van der Waals surface area contributed by atoms with E-state index in [1.165, 1.54) is 11.0 Å². The van der Waals surface area contributed by atoms with Gasteiger partial charge in [-0.3, -0.25) is 24.1 Å². The fourth-order valence-corrected chi connectivity index (χ4v) is 6.57. The van der Waals surface area contributed by atoms with Crippen molar-refractivity contribution in [2.45, 2.75) is 50.7 Å². The Morgan fingerprint density at radius 1 is 1.12 bits per heavy atom. The highest BCUT2D eigenvalue weighted by Gasteiger charge is 2.64. The Morgan fingerprint density at radius 2 is 1.83 bits per heavy atom. The Balaban J connectivity index is 1.65. The van der Waals surface area contributed by atoms with Crippen LogP contribution in [0.5, 0.6) is 5.75 Å². The molecular formula is C30H32N2O9. The number of hydrogen-bond acceptors (Lipinski definition) is 10. The van der Waals surface area contributed by atoms with Gasteiger partial charge in [0, 0.05) is 23.5 Å². The van der Waals surface area contributed by atoms with E-state index in [2.05, 4.69) is 0 Å². The van der Waals surface area contributed by atoms with Gasteiger partial charge in [-0.25, -0.2) is 0 Å². The van der Waals surface area contributed by atoms with Gasteiger partial charge in [0.05, 0.1) is 11.6 Å². The maximum absolute atomic E-state index is 13.9. The molecule has 1 amide bonds.